The summed E-state index contributed by atoms with van der Waals surface area (Å²) < 4.78 is 0. The molecule has 3 aliphatic carbocycles. The van der Waals surface area contributed by atoms with Gasteiger partial charge in [0.1, 0.15) is 0 Å². The molecule has 0 radical (unpaired) electrons. The SMILES string of the molecule is CC1(C)c2ccccc2-c2ccc(-c3ccc4c(c3)CCc3cc(-c5ccc6c(c5)C(C)(C)c5ccccc5-6)ccc3-4)cc21. The third-order valence-electron chi connectivity index (χ3n) is 11.0. The van der Waals surface area contributed by atoms with E-state index >= 15 is 0 Å². The zero-order chi connectivity index (χ0) is 29.8. The zero-order valence-electron chi connectivity index (χ0n) is 26.0. The predicted octanol–water partition coefficient (Wildman–Crippen LogP) is 11.4. The molecule has 212 valence electrons. The highest BCUT2D eigenvalue weighted by Crippen LogP contribution is 2.51. The second kappa shape index (κ2) is 8.93. The summed E-state index contributed by atoms with van der Waals surface area (Å²) in [5.74, 6) is 0. The Balaban J connectivity index is 1.05. The molecule has 0 heteroatoms. The third-order valence-corrected chi connectivity index (χ3v) is 11.0. The van der Waals surface area contributed by atoms with Gasteiger partial charge in [-0.3, -0.25) is 0 Å². The highest BCUT2D eigenvalue weighted by atomic mass is 14.4. The van der Waals surface area contributed by atoms with E-state index in [4.69, 9.17) is 0 Å². The normalized spacial score (nSPS) is 15.9. The Bertz CT molecular complexity index is 2010. The Morgan fingerprint density at radius 2 is 0.682 bits per heavy atom. The Morgan fingerprint density at radius 1 is 0.341 bits per heavy atom. The maximum absolute atomic E-state index is 2.45. The van der Waals surface area contributed by atoms with Crippen molar-refractivity contribution in [2.24, 2.45) is 0 Å². The van der Waals surface area contributed by atoms with Crippen LogP contribution in [0.2, 0.25) is 0 Å². The zero-order valence-corrected chi connectivity index (χ0v) is 26.0. The smallest absolute Gasteiger partial charge is 0.0159 e. The first-order chi connectivity index (χ1) is 21.3. The fourth-order valence-electron chi connectivity index (χ4n) is 8.52. The number of rotatable bonds is 2. The van der Waals surface area contributed by atoms with Crippen molar-refractivity contribution in [3.05, 3.63) is 155 Å². The van der Waals surface area contributed by atoms with Crippen LogP contribution in [0.5, 0.6) is 0 Å². The highest BCUT2D eigenvalue weighted by molar-refractivity contribution is 5.86. The van der Waals surface area contributed by atoms with Crippen LogP contribution < -0.4 is 0 Å². The summed E-state index contributed by atoms with van der Waals surface area (Å²) in [5, 5.41) is 0. The van der Waals surface area contributed by atoms with Crippen LogP contribution >= 0.6 is 0 Å². The van der Waals surface area contributed by atoms with E-state index < -0.39 is 0 Å². The van der Waals surface area contributed by atoms with Gasteiger partial charge in [-0.1, -0.05) is 137 Å². The molecule has 0 amide bonds. The quantitative estimate of drug-likeness (QED) is 0.196. The van der Waals surface area contributed by atoms with Crippen LogP contribution in [0.1, 0.15) is 61.1 Å². The Hall–Kier alpha value is -4.68. The summed E-state index contributed by atoms with van der Waals surface area (Å²) in [6.45, 7) is 9.45. The standard InChI is InChI=1S/C44H36/c1-43(2)39-11-7-5-9-35(39)37-21-17-29(25-41(37)43)27-15-19-33-31(23-27)13-14-32-24-28(16-20-34(32)33)30-18-22-38-36-10-6-8-12-40(36)44(3,4)42(38)26-30/h5-12,15-26H,13-14H2,1-4H3. The minimum absolute atomic E-state index is 0.0192. The van der Waals surface area contributed by atoms with Crippen LogP contribution in [0.3, 0.4) is 0 Å². The molecule has 0 bridgehead atoms. The first-order valence-electron chi connectivity index (χ1n) is 16.1. The second-order valence-electron chi connectivity index (χ2n) is 14.1. The van der Waals surface area contributed by atoms with Gasteiger partial charge in [0.05, 0.1) is 0 Å². The van der Waals surface area contributed by atoms with Crippen molar-refractivity contribution in [2.45, 2.75) is 51.4 Å². The van der Waals surface area contributed by atoms with Crippen LogP contribution in [0.25, 0.3) is 55.6 Å². The monoisotopic (exact) mass is 564 g/mol. The first kappa shape index (κ1) is 25.8. The van der Waals surface area contributed by atoms with Crippen molar-refractivity contribution in [3.8, 4) is 55.6 Å². The molecule has 0 saturated heterocycles. The van der Waals surface area contributed by atoms with Gasteiger partial charge in [0.15, 0.2) is 0 Å². The van der Waals surface area contributed by atoms with Crippen LogP contribution in [0.4, 0.5) is 0 Å². The molecular weight excluding hydrogens is 528 g/mol. The number of aryl methyl sites for hydroxylation is 2. The van der Waals surface area contributed by atoms with Gasteiger partial charge in [-0.15, -0.1) is 0 Å². The van der Waals surface area contributed by atoms with Crippen molar-refractivity contribution < 1.29 is 0 Å². The molecule has 44 heavy (non-hydrogen) atoms. The summed E-state index contributed by atoms with van der Waals surface area (Å²) in [4.78, 5) is 0. The lowest BCUT2D eigenvalue weighted by atomic mass is 9.80. The fourth-order valence-corrected chi connectivity index (χ4v) is 8.52. The predicted molar refractivity (Wildman–Crippen MR) is 185 cm³/mol. The highest BCUT2D eigenvalue weighted by Gasteiger charge is 2.36. The molecule has 0 heterocycles. The molecule has 0 aromatic heterocycles. The molecule has 0 fully saturated rings. The maximum atomic E-state index is 2.45. The van der Waals surface area contributed by atoms with E-state index in [0.29, 0.717) is 0 Å². The molecule has 0 aliphatic heterocycles. The number of fused-ring (bicyclic) bond motifs is 9. The van der Waals surface area contributed by atoms with Gasteiger partial charge in [-0.2, -0.15) is 0 Å². The van der Waals surface area contributed by atoms with E-state index in [1.54, 1.807) is 0 Å². The molecule has 0 nitrogen and oxygen atoms in total. The number of benzene rings is 6. The summed E-state index contributed by atoms with van der Waals surface area (Å²) >= 11 is 0. The summed E-state index contributed by atoms with van der Waals surface area (Å²) in [5.41, 5.74) is 22.3. The van der Waals surface area contributed by atoms with E-state index in [-0.39, 0.29) is 10.8 Å². The lowest BCUT2D eigenvalue weighted by Gasteiger charge is -2.24. The molecule has 0 N–H and O–H groups in total. The van der Waals surface area contributed by atoms with Crippen LogP contribution in [-0.4, -0.2) is 0 Å². The largest absolute Gasteiger partial charge is 0.0619 e. The minimum atomic E-state index is 0.0192. The van der Waals surface area contributed by atoms with Crippen LogP contribution in [-0.2, 0) is 23.7 Å². The molecule has 9 rings (SSSR count). The molecule has 0 atom stereocenters. The third kappa shape index (κ3) is 3.52. The fraction of sp³-hybridized carbons (Fsp3) is 0.182. The van der Waals surface area contributed by atoms with Crippen molar-refractivity contribution in [2.75, 3.05) is 0 Å². The van der Waals surface area contributed by atoms with Crippen molar-refractivity contribution in [1.82, 2.24) is 0 Å². The van der Waals surface area contributed by atoms with Crippen LogP contribution in [0.15, 0.2) is 121 Å². The van der Waals surface area contributed by atoms with E-state index in [2.05, 4.69) is 149 Å². The molecule has 3 aliphatic rings. The first-order valence-corrected chi connectivity index (χ1v) is 16.1. The average Bonchev–Trinajstić information content (AvgIpc) is 3.43. The molecule has 0 saturated carbocycles. The maximum Gasteiger partial charge on any atom is 0.0159 e. The number of hydrogen-bond donors (Lipinski definition) is 0. The minimum Gasteiger partial charge on any atom is -0.0619 e. The van der Waals surface area contributed by atoms with Gasteiger partial charge >= 0.3 is 0 Å². The van der Waals surface area contributed by atoms with E-state index in [0.717, 1.165) is 12.8 Å². The molecule has 0 unspecified atom stereocenters. The van der Waals surface area contributed by atoms with Crippen molar-refractivity contribution in [3.63, 3.8) is 0 Å². The molecule has 6 aromatic rings. The molecule has 6 aromatic carbocycles. The van der Waals surface area contributed by atoms with E-state index in [1.165, 1.54) is 89.0 Å². The summed E-state index contributed by atoms with van der Waals surface area (Å²) in [6, 6.07) is 46.3. The van der Waals surface area contributed by atoms with Gasteiger partial charge in [-0.05, 0) is 114 Å². The summed E-state index contributed by atoms with van der Waals surface area (Å²) in [7, 11) is 0. The van der Waals surface area contributed by atoms with Gasteiger partial charge in [-0.25, -0.2) is 0 Å². The van der Waals surface area contributed by atoms with Gasteiger partial charge in [0.25, 0.3) is 0 Å². The topological polar surface area (TPSA) is 0 Å². The molecular formula is C44H36. The Kier molecular flexibility index (Phi) is 5.23. The second-order valence-corrected chi connectivity index (χ2v) is 14.1. The van der Waals surface area contributed by atoms with Gasteiger partial charge in [0.2, 0.25) is 0 Å². The van der Waals surface area contributed by atoms with Crippen molar-refractivity contribution >= 4 is 0 Å². The summed E-state index contributed by atoms with van der Waals surface area (Å²) in [6.07, 6.45) is 2.15. The van der Waals surface area contributed by atoms with Crippen molar-refractivity contribution in [1.29, 1.82) is 0 Å². The van der Waals surface area contributed by atoms with E-state index in [9.17, 15) is 0 Å². The molecule has 0 spiro atoms. The lowest BCUT2D eigenvalue weighted by molar-refractivity contribution is 0.660. The average molecular weight is 565 g/mol. The number of hydrogen-bond acceptors (Lipinski definition) is 0. The Morgan fingerprint density at radius 3 is 1.11 bits per heavy atom. The lowest BCUT2D eigenvalue weighted by Crippen LogP contribution is -2.14. The van der Waals surface area contributed by atoms with Crippen LogP contribution in [0, 0.1) is 0 Å². The van der Waals surface area contributed by atoms with Gasteiger partial charge < -0.3 is 0 Å². The Labute approximate surface area is 261 Å². The van der Waals surface area contributed by atoms with Gasteiger partial charge in [0, 0.05) is 10.8 Å². The van der Waals surface area contributed by atoms with E-state index in [1.807, 2.05) is 0 Å².